The topological polar surface area (TPSA) is 56.3 Å². The van der Waals surface area contributed by atoms with Gasteiger partial charge in [-0.3, -0.25) is 0 Å². The van der Waals surface area contributed by atoms with Crippen LogP contribution in [0.3, 0.4) is 0 Å². The molecule has 0 N–H and O–H groups in total. The first kappa shape index (κ1) is 14.5. The first-order valence-corrected chi connectivity index (χ1v) is 7.96. The van der Waals surface area contributed by atoms with Crippen molar-refractivity contribution in [3.8, 4) is 5.75 Å². The molecule has 1 aromatic heterocycles. The van der Waals surface area contributed by atoms with Gasteiger partial charge >= 0.3 is 0 Å². The molecular weight excluding hydrogens is 274 g/mol. The molecule has 0 aliphatic rings. The predicted octanol–water partition coefficient (Wildman–Crippen LogP) is 2.67. The van der Waals surface area contributed by atoms with Gasteiger partial charge in [-0.1, -0.05) is 25.1 Å². The lowest BCUT2D eigenvalue weighted by molar-refractivity contribution is 0.414. The lowest BCUT2D eigenvalue weighted by atomic mass is 10.0. The molecule has 1 heterocycles. The number of sulfone groups is 1. The van der Waals surface area contributed by atoms with Crippen molar-refractivity contribution < 1.29 is 13.2 Å². The van der Waals surface area contributed by atoms with E-state index in [0.717, 1.165) is 11.3 Å². The van der Waals surface area contributed by atoms with Crippen LogP contribution in [0.4, 0.5) is 0 Å². The van der Waals surface area contributed by atoms with Crippen molar-refractivity contribution in [2.24, 2.45) is 0 Å². The molecule has 106 valence electrons. The first-order valence-electron chi connectivity index (χ1n) is 6.30. The third-order valence-corrected chi connectivity index (χ3v) is 4.93. The Balaban J connectivity index is 2.16. The number of hydrogen-bond acceptors (Lipinski definition) is 4. The minimum atomic E-state index is -3.37. The van der Waals surface area contributed by atoms with Gasteiger partial charge in [-0.15, -0.1) is 0 Å². The summed E-state index contributed by atoms with van der Waals surface area (Å²) in [4.78, 5) is 3.92. The summed E-state index contributed by atoms with van der Waals surface area (Å²) in [6.07, 6.45) is 1.49. The highest BCUT2D eigenvalue weighted by Crippen LogP contribution is 2.22. The standard InChI is InChI=1S/C15H17NO3S/c1-12(13-6-8-14(19-2)9-7-13)11-20(17,18)15-5-3-4-10-16-15/h3-10,12H,11H2,1-2H3/t12-/m1/s1. The molecule has 1 aromatic carbocycles. The van der Waals surface area contributed by atoms with Crippen molar-refractivity contribution in [2.45, 2.75) is 17.9 Å². The molecule has 0 radical (unpaired) electrons. The molecule has 0 saturated heterocycles. The minimum absolute atomic E-state index is 0.0380. The van der Waals surface area contributed by atoms with Crippen LogP contribution < -0.4 is 4.74 Å². The number of ether oxygens (including phenoxy) is 1. The zero-order valence-corrected chi connectivity index (χ0v) is 12.3. The predicted molar refractivity (Wildman–Crippen MR) is 77.7 cm³/mol. The van der Waals surface area contributed by atoms with Gasteiger partial charge in [0, 0.05) is 6.20 Å². The van der Waals surface area contributed by atoms with E-state index in [0.29, 0.717) is 0 Å². The highest BCUT2D eigenvalue weighted by molar-refractivity contribution is 7.91. The molecule has 0 saturated carbocycles. The van der Waals surface area contributed by atoms with E-state index in [2.05, 4.69) is 4.98 Å². The molecule has 2 aromatic rings. The maximum absolute atomic E-state index is 12.3. The van der Waals surface area contributed by atoms with Gasteiger partial charge in [-0.05, 0) is 35.7 Å². The highest BCUT2D eigenvalue weighted by atomic mass is 32.2. The fourth-order valence-corrected chi connectivity index (χ4v) is 3.50. The third kappa shape index (κ3) is 3.36. The average Bonchev–Trinajstić information content (AvgIpc) is 2.48. The summed E-state index contributed by atoms with van der Waals surface area (Å²) in [5.74, 6) is 0.692. The third-order valence-electron chi connectivity index (χ3n) is 3.11. The summed E-state index contributed by atoms with van der Waals surface area (Å²) < 4.78 is 29.6. The van der Waals surface area contributed by atoms with E-state index in [-0.39, 0.29) is 16.7 Å². The number of hydrogen-bond donors (Lipinski definition) is 0. The molecule has 2 rings (SSSR count). The second-order valence-electron chi connectivity index (χ2n) is 4.62. The van der Waals surface area contributed by atoms with Gasteiger partial charge in [-0.2, -0.15) is 0 Å². The van der Waals surface area contributed by atoms with Gasteiger partial charge in [-0.25, -0.2) is 13.4 Å². The van der Waals surface area contributed by atoms with Crippen molar-refractivity contribution in [1.29, 1.82) is 0 Å². The van der Waals surface area contributed by atoms with Crippen LogP contribution in [0.15, 0.2) is 53.7 Å². The maximum atomic E-state index is 12.3. The number of rotatable bonds is 5. The second kappa shape index (κ2) is 6.05. The van der Waals surface area contributed by atoms with Crippen LogP contribution in [0.2, 0.25) is 0 Å². The Morgan fingerprint density at radius 3 is 2.40 bits per heavy atom. The van der Waals surface area contributed by atoms with Crippen LogP contribution in [-0.4, -0.2) is 26.3 Å². The summed E-state index contributed by atoms with van der Waals surface area (Å²) in [7, 11) is -1.76. The Kier molecular flexibility index (Phi) is 4.39. The molecular formula is C15H17NO3S. The Morgan fingerprint density at radius 1 is 1.15 bits per heavy atom. The Morgan fingerprint density at radius 2 is 1.85 bits per heavy atom. The van der Waals surface area contributed by atoms with E-state index in [1.165, 1.54) is 12.3 Å². The first-order chi connectivity index (χ1) is 9.53. The monoisotopic (exact) mass is 291 g/mol. The molecule has 0 unspecified atom stereocenters. The summed E-state index contributed by atoms with van der Waals surface area (Å²) in [6.45, 7) is 1.89. The molecule has 0 fully saturated rings. The van der Waals surface area contributed by atoms with Gasteiger partial charge in [0.15, 0.2) is 14.9 Å². The van der Waals surface area contributed by atoms with Gasteiger partial charge in [0.2, 0.25) is 0 Å². The van der Waals surface area contributed by atoms with Crippen molar-refractivity contribution in [1.82, 2.24) is 4.98 Å². The molecule has 0 spiro atoms. The average molecular weight is 291 g/mol. The van der Waals surface area contributed by atoms with Gasteiger partial charge < -0.3 is 4.74 Å². The van der Waals surface area contributed by atoms with E-state index in [1.54, 1.807) is 19.2 Å². The van der Waals surface area contributed by atoms with Crippen LogP contribution in [0.5, 0.6) is 5.75 Å². The molecule has 0 aliphatic carbocycles. The summed E-state index contributed by atoms with van der Waals surface area (Å²) in [6, 6.07) is 12.3. The Hall–Kier alpha value is -1.88. The fourth-order valence-electron chi connectivity index (χ4n) is 1.97. The minimum Gasteiger partial charge on any atom is -0.497 e. The number of methoxy groups -OCH3 is 1. The largest absolute Gasteiger partial charge is 0.497 e. The second-order valence-corrected chi connectivity index (χ2v) is 6.60. The quantitative estimate of drug-likeness (QED) is 0.850. The maximum Gasteiger partial charge on any atom is 0.196 e. The van der Waals surface area contributed by atoms with Crippen LogP contribution in [-0.2, 0) is 9.84 Å². The van der Waals surface area contributed by atoms with Crippen LogP contribution in [0.25, 0.3) is 0 Å². The van der Waals surface area contributed by atoms with Crippen molar-refractivity contribution in [3.63, 3.8) is 0 Å². The number of pyridine rings is 1. The smallest absolute Gasteiger partial charge is 0.196 e. The molecule has 5 heteroatoms. The van der Waals surface area contributed by atoms with Crippen molar-refractivity contribution in [3.05, 3.63) is 54.2 Å². The van der Waals surface area contributed by atoms with E-state index >= 15 is 0 Å². The molecule has 0 bridgehead atoms. The van der Waals surface area contributed by atoms with Crippen LogP contribution in [0, 0.1) is 0 Å². The van der Waals surface area contributed by atoms with Gasteiger partial charge in [0.05, 0.1) is 12.9 Å². The Labute approximate surface area is 119 Å². The zero-order valence-electron chi connectivity index (χ0n) is 11.5. The van der Waals surface area contributed by atoms with Gasteiger partial charge in [0.1, 0.15) is 5.75 Å². The summed E-state index contributed by atoms with van der Waals surface area (Å²) in [5.41, 5.74) is 0.963. The normalized spacial score (nSPS) is 12.9. The number of aromatic nitrogens is 1. The van der Waals surface area contributed by atoms with E-state index in [1.807, 2.05) is 31.2 Å². The van der Waals surface area contributed by atoms with Crippen LogP contribution >= 0.6 is 0 Å². The van der Waals surface area contributed by atoms with Crippen molar-refractivity contribution in [2.75, 3.05) is 12.9 Å². The Bertz CT molecular complexity index is 651. The molecule has 20 heavy (non-hydrogen) atoms. The summed E-state index contributed by atoms with van der Waals surface area (Å²) >= 11 is 0. The van der Waals surface area contributed by atoms with Crippen molar-refractivity contribution >= 4 is 9.84 Å². The zero-order chi connectivity index (χ0) is 14.6. The number of nitrogens with zero attached hydrogens (tertiary/aromatic N) is 1. The summed E-state index contributed by atoms with van der Waals surface area (Å²) in [5, 5.41) is 0.125. The lowest BCUT2D eigenvalue weighted by Crippen LogP contribution is -2.14. The van der Waals surface area contributed by atoms with Crippen LogP contribution in [0.1, 0.15) is 18.4 Å². The fraction of sp³-hybridized carbons (Fsp3) is 0.267. The molecule has 0 aliphatic heterocycles. The SMILES string of the molecule is COc1ccc([C@H](C)CS(=O)(=O)c2ccccn2)cc1. The van der Waals surface area contributed by atoms with E-state index < -0.39 is 9.84 Å². The number of benzene rings is 1. The molecule has 4 nitrogen and oxygen atoms in total. The lowest BCUT2D eigenvalue weighted by Gasteiger charge is -2.12. The highest BCUT2D eigenvalue weighted by Gasteiger charge is 2.20. The van der Waals surface area contributed by atoms with Gasteiger partial charge in [0.25, 0.3) is 0 Å². The van der Waals surface area contributed by atoms with E-state index in [9.17, 15) is 8.42 Å². The molecule has 1 atom stereocenters. The van der Waals surface area contributed by atoms with E-state index in [4.69, 9.17) is 4.74 Å². The molecule has 0 amide bonds.